The summed E-state index contributed by atoms with van der Waals surface area (Å²) >= 11 is 0. The maximum Gasteiger partial charge on any atom is 0.235 e. The fraction of sp³-hybridized carbons (Fsp3) is 0.500. The number of aromatic nitrogens is 2. The average Bonchev–Trinajstić information content (AvgIpc) is 3.00. The van der Waals surface area contributed by atoms with Gasteiger partial charge in [-0.25, -0.2) is 8.42 Å². The van der Waals surface area contributed by atoms with Gasteiger partial charge in [0.25, 0.3) is 0 Å². The molecule has 7 nitrogen and oxygen atoms in total. The van der Waals surface area contributed by atoms with Gasteiger partial charge in [0.1, 0.15) is 0 Å². The number of benzene rings is 1. The Labute approximate surface area is 165 Å². The van der Waals surface area contributed by atoms with E-state index in [4.69, 9.17) is 0 Å². The predicted octanol–water partition coefficient (Wildman–Crippen LogP) is 3.44. The SMILES string of the molecule is Cn1cc(-c2cc(NS(=O)(=O)C3CCCCC3)cc3c2NC(=O)CCC3)cn1. The van der Waals surface area contributed by atoms with Gasteiger partial charge < -0.3 is 5.32 Å². The quantitative estimate of drug-likeness (QED) is 0.819. The first-order chi connectivity index (χ1) is 13.4. The van der Waals surface area contributed by atoms with E-state index in [9.17, 15) is 13.2 Å². The lowest BCUT2D eigenvalue weighted by Crippen LogP contribution is -2.29. The van der Waals surface area contributed by atoms with Crippen molar-refractivity contribution in [2.45, 2.75) is 56.6 Å². The molecule has 0 radical (unpaired) electrons. The number of fused-ring (bicyclic) bond motifs is 1. The molecule has 1 fully saturated rings. The first-order valence-corrected chi connectivity index (χ1v) is 11.4. The number of amides is 1. The van der Waals surface area contributed by atoms with Crippen molar-refractivity contribution in [1.82, 2.24) is 9.78 Å². The topological polar surface area (TPSA) is 93.1 Å². The molecule has 150 valence electrons. The summed E-state index contributed by atoms with van der Waals surface area (Å²) in [6.07, 6.45) is 9.98. The van der Waals surface area contributed by atoms with Crippen LogP contribution in [0.3, 0.4) is 0 Å². The van der Waals surface area contributed by atoms with Crippen LogP contribution in [0.4, 0.5) is 11.4 Å². The standard InChI is InChI=1S/C20H26N4O3S/c1-24-13-15(12-21-24)18-11-16(10-14-6-5-9-19(25)22-20(14)18)23-28(26,27)17-7-3-2-4-8-17/h10-13,17,23H,2-9H2,1H3,(H,22,25). The van der Waals surface area contributed by atoms with Crippen LogP contribution in [-0.2, 0) is 28.3 Å². The van der Waals surface area contributed by atoms with Gasteiger partial charge in [-0.3, -0.25) is 14.2 Å². The Bertz CT molecular complexity index is 991. The molecule has 0 bridgehead atoms. The van der Waals surface area contributed by atoms with E-state index in [2.05, 4.69) is 15.1 Å². The van der Waals surface area contributed by atoms with E-state index in [1.54, 1.807) is 10.9 Å². The summed E-state index contributed by atoms with van der Waals surface area (Å²) in [7, 11) is -1.60. The Morgan fingerprint density at radius 2 is 1.93 bits per heavy atom. The van der Waals surface area contributed by atoms with Gasteiger partial charge in [-0.05, 0) is 43.4 Å². The van der Waals surface area contributed by atoms with Crippen LogP contribution in [0.1, 0.15) is 50.5 Å². The molecule has 0 saturated heterocycles. The van der Waals surface area contributed by atoms with Crippen molar-refractivity contribution in [3.63, 3.8) is 0 Å². The Kier molecular flexibility index (Phi) is 5.14. The van der Waals surface area contributed by atoms with E-state index in [0.717, 1.165) is 54.5 Å². The molecule has 1 aliphatic heterocycles. The monoisotopic (exact) mass is 402 g/mol. The molecule has 1 aromatic carbocycles. The number of anilines is 2. The van der Waals surface area contributed by atoms with Crippen molar-refractivity contribution in [1.29, 1.82) is 0 Å². The molecule has 2 N–H and O–H groups in total. The van der Waals surface area contributed by atoms with Crippen LogP contribution in [0, 0.1) is 0 Å². The highest BCUT2D eigenvalue weighted by molar-refractivity contribution is 7.93. The normalized spacial score (nSPS) is 18.2. The molecule has 4 rings (SSSR count). The minimum absolute atomic E-state index is 0.0144. The van der Waals surface area contributed by atoms with E-state index >= 15 is 0 Å². The maximum atomic E-state index is 12.9. The zero-order chi connectivity index (χ0) is 19.7. The van der Waals surface area contributed by atoms with Crippen LogP contribution in [0.15, 0.2) is 24.5 Å². The molecule has 2 aliphatic rings. The zero-order valence-corrected chi connectivity index (χ0v) is 16.9. The van der Waals surface area contributed by atoms with Gasteiger partial charge in [0.15, 0.2) is 0 Å². The molecular formula is C20H26N4O3S. The Morgan fingerprint density at radius 3 is 2.64 bits per heavy atom. The molecule has 28 heavy (non-hydrogen) atoms. The summed E-state index contributed by atoms with van der Waals surface area (Å²) in [4.78, 5) is 12.1. The van der Waals surface area contributed by atoms with Crippen molar-refractivity contribution in [3.05, 3.63) is 30.1 Å². The highest BCUT2D eigenvalue weighted by Crippen LogP contribution is 2.37. The lowest BCUT2D eigenvalue weighted by Gasteiger charge is -2.23. The minimum Gasteiger partial charge on any atom is -0.325 e. The lowest BCUT2D eigenvalue weighted by atomic mass is 9.99. The first kappa shape index (κ1) is 19.0. The lowest BCUT2D eigenvalue weighted by molar-refractivity contribution is -0.116. The number of rotatable bonds is 4. The van der Waals surface area contributed by atoms with Gasteiger partial charge in [0, 0.05) is 36.5 Å². The highest BCUT2D eigenvalue weighted by atomic mass is 32.2. The third-order valence-corrected chi connectivity index (χ3v) is 7.47. The molecule has 1 aromatic heterocycles. The molecule has 1 amide bonds. The molecule has 1 aliphatic carbocycles. The third-order valence-electron chi connectivity index (χ3n) is 5.60. The zero-order valence-electron chi connectivity index (χ0n) is 16.1. The van der Waals surface area contributed by atoms with Crippen LogP contribution in [0.2, 0.25) is 0 Å². The van der Waals surface area contributed by atoms with Gasteiger partial charge in [-0.15, -0.1) is 0 Å². The number of carbonyl (C=O) groups excluding carboxylic acids is 1. The Balaban J connectivity index is 1.74. The largest absolute Gasteiger partial charge is 0.325 e. The summed E-state index contributed by atoms with van der Waals surface area (Å²) in [6.45, 7) is 0. The van der Waals surface area contributed by atoms with Crippen molar-refractivity contribution in [3.8, 4) is 11.1 Å². The van der Waals surface area contributed by atoms with E-state index < -0.39 is 10.0 Å². The van der Waals surface area contributed by atoms with Crippen LogP contribution in [-0.4, -0.2) is 29.4 Å². The van der Waals surface area contributed by atoms with Gasteiger partial charge in [-0.1, -0.05) is 19.3 Å². The van der Waals surface area contributed by atoms with Crippen molar-refractivity contribution >= 4 is 27.3 Å². The number of aryl methyl sites for hydroxylation is 2. The molecule has 1 saturated carbocycles. The maximum absolute atomic E-state index is 12.9. The summed E-state index contributed by atoms with van der Waals surface area (Å²) in [6, 6.07) is 3.67. The van der Waals surface area contributed by atoms with Crippen molar-refractivity contribution in [2.75, 3.05) is 10.0 Å². The summed E-state index contributed by atoms with van der Waals surface area (Å²) in [5.74, 6) is -0.0144. The van der Waals surface area contributed by atoms with E-state index in [1.807, 2.05) is 25.4 Å². The highest BCUT2D eigenvalue weighted by Gasteiger charge is 2.28. The second-order valence-corrected chi connectivity index (χ2v) is 9.73. The number of nitrogens with one attached hydrogen (secondary N) is 2. The molecule has 2 aromatic rings. The number of sulfonamides is 1. The van der Waals surface area contributed by atoms with Crippen molar-refractivity contribution < 1.29 is 13.2 Å². The molecule has 2 heterocycles. The predicted molar refractivity (Wildman–Crippen MR) is 110 cm³/mol. The first-order valence-electron chi connectivity index (χ1n) is 9.90. The van der Waals surface area contributed by atoms with Crippen LogP contribution in [0.5, 0.6) is 0 Å². The van der Waals surface area contributed by atoms with Crippen LogP contribution >= 0.6 is 0 Å². The third kappa shape index (κ3) is 3.92. The molecule has 8 heteroatoms. The summed E-state index contributed by atoms with van der Waals surface area (Å²) < 4.78 is 30.3. The van der Waals surface area contributed by atoms with E-state index in [-0.39, 0.29) is 11.2 Å². The fourth-order valence-corrected chi connectivity index (χ4v) is 5.73. The second-order valence-electron chi connectivity index (χ2n) is 7.77. The van der Waals surface area contributed by atoms with E-state index in [0.29, 0.717) is 24.9 Å². The fourth-order valence-electron chi connectivity index (χ4n) is 4.16. The smallest absolute Gasteiger partial charge is 0.235 e. The van der Waals surface area contributed by atoms with Crippen LogP contribution < -0.4 is 10.0 Å². The number of carbonyl (C=O) groups is 1. The van der Waals surface area contributed by atoms with Gasteiger partial charge in [0.2, 0.25) is 15.9 Å². The summed E-state index contributed by atoms with van der Waals surface area (Å²) in [5, 5.41) is 6.89. The van der Waals surface area contributed by atoms with Gasteiger partial charge >= 0.3 is 0 Å². The molecule has 0 unspecified atom stereocenters. The summed E-state index contributed by atoms with van der Waals surface area (Å²) in [5.41, 5.74) is 3.91. The van der Waals surface area contributed by atoms with E-state index in [1.165, 1.54) is 0 Å². The second kappa shape index (κ2) is 7.58. The van der Waals surface area contributed by atoms with Gasteiger partial charge in [0.05, 0.1) is 17.1 Å². The average molecular weight is 403 g/mol. The van der Waals surface area contributed by atoms with Crippen molar-refractivity contribution in [2.24, 2.45) is 7.05 Å². The Hall–Kier alpha value is -2.35. The van der Waals surface area contributed by atoms with Gasteiger partial charge in [-0.2, -0.15) is 5.10 Å². The molecular weight excluding hydrogens is 376 g/mol. The molecule has 0 spiro atoms. The minimum atomic E-state index is -3.43. The number of hydrogen-bond donors (Lipinski definition) is 2. The number of hydrogen-bond acceptors (Lipinski definition) is 4. The van der Waals surface area contributed by atoms with Crippen LogP contribution in [0.25, 0.3) is 11.1 Å². The number of nitrogens with zero attached hydrogens (tertiary/aromatic N) is 2. The Morgan fingerprint density at radius 1 is 1.14 bits per heavy atom. The molecule has 0 atom stereocenters.